The van der Waals surface area contributed by atoms with Crippen LogP contribution in [0.5, 0.6) is 0 Å². The zero-order valence-corrected chi connectivity index (χ0v) is 13.3. The summed E-state index contributed by atoms with van der Waals surface area (Å²) in [6.45, 7) is 5.00. The van der Waals surface area contributed by atoms with Gasteiger partial charge >= 0.3 is 0 Å². The molecular weight excluding hydrogens is 291 g/mol. The van der Waals surface area contributed by atoms with Crippen LogP contribution in [0, 0.1) is 19.7 Å². The van der Waals surface area contributed by atoms with Gasteiger partial charge in [-0.15, -0.1) is 0 Å². The van der Waals surface area contributed by atoms with Crippen molar-refractivity contribution in [3.8, 4) is 0 Å². The molecule has 0 radical (unpaired) electrons. The first-order valence-electron chi connectivity index (χ1n) is 7.97. The van der Waals surface area contributed by atoms with Crippen LogP contribution in [0.25, 0.3) is 5.65 Å². The van der Waals surface area contributed by atoms with E-state index in [1.165, 1.54) is 6.07 Å². The fraction of sp³-hybridized carbons (Fsp3) is 0.333. The van der Waals surface area contributed by atoms with E-state index in [4.69, 9.17) is 4.98 Å². The summed E-state index contributed by atoms with van der Waals surface area (Å²) in [6.07, 6.45) is 5.88. The Bertz CT molecular complexity index is 871. The van der Waals surface area contributed by atoms with E-state index in [-0.39, 0.29) is 11.9 Å². The molecule has 0 saturated carbocycles. The molecule has 1 fully saturated rings. The lowest BCUT2D eigenvalue weighted by atomic mass is 9.99. The molecule has 1 atom stereocenters. The van der Waals surface area contributed by atoms with E-state index in [2.05, 4.69) is 10.00 Å². The van der Waals surface area contributed by atoms with E-state index >= 15 is 0 Å². The van der Waals surface area contributed by atoms with Crippen LogP contribution < -0.4 is 4.90 Å². The van der Waals surface area contributed by atoms with Crippen LogP contribution in [0.4, 0.5) is 10.2 Å². The molecule has 0 amide bonds. The molecule has 0 N–H and O–H groups in total. The van der Waals surface area contributed by atoms with E-state index in [0.29, 0.717) is 0 Å². The topological polar surface area (TPSA) is 33.4 Å². The Morgan fingerprint density at radius 3 is 2.91 bits per heavy atom. The Balaban J connectivity index is 1.76. The van der Waals surface area contributed by atoms with Gasteiger partial charge in [-0.2, -0.15) is 5.10 Å². The number of aromatic nitrogens is 3. The SMILES string of the molecule is Cc1ccc(F)cc1[C@H]1CCCN1c1ccn2ncc(C)c2n1. The fourth-order valence-corrected chi connectivity index (χ4v) is 3.47. The second-order valence-electron chi connectivity index (χ2n) is 6.23. The largest absolute Gasteiger partial charge is 0.349 e. The van der Waals surface area contributed by atoms with Gasteiger partial charge in [0.2, 0.25) is 0 Å². The maximum Gasteiger partial charge on any atom is 0.160 e. The average molecular weight is 310 g/mol. The van der Waals surface area contributed by atoms with Crippen LogP contribution in [-0.2, 0) is 0 Å². The number of halogens is 1. The molecule has 0 unspecified atom stereocenters. The maximum absolute atomic E-state index is 13.7. The Morgan fingerprint density at radius 1 is 1.17 bits per heavy atom. The third-order valence-corrected chi connectivity index (χ3v) is 4.68. The van der Waals surface area contributed by atoms with Gasteiger partial charge < -0.3 is 4.90 Å². The third-order valence-electron chi connectivity index (χ3n) is 4.68. The number of rotatable bonds is 2. The minimum absolute atomic E-state index is 0.174. The number of hydrogen-bond donors (Lipinski definition) is 0. The van der Waals surface area contributed by atoms with Crippen molar-refractivity contribution in [3.05, 3.63) is 59.2 Å². The first-order valence-corrected chi connectivity index (χ1v) is 7.97. The Morgan fingerprint density at radius 2 is 2.04 bits per heavy atom. The lowest BCUT2D eigenvalue weighted by Gasteiger charge is -2.27. The Kier molecular flexibility index (Phi) is 3.29. The van der Waals surface area contributed by atoms with Crippen molar-refractivity contribution < 1.29 is 4.39 Å². The first-order chi connectivity index (χ1) is 11.1. The van der Waals surface area contributed by atoms with Gasteiger partial charge in [-0.05, 0) is 56.0 Å². The molecule has 0 spiro atoms. The van der Waals surface area contributed by atoms with Crippen LogP contribution in [0.2, 0.25) is 0 Å². The molecule has 23 heavy (non-hydrogen) atoms. The quantitative estimate of drug-likeness (QED) is 0.721. The van der Waals surface area contributed by atoms with Crippen molar-refractivity contribution in [2.45, 2.75) is 32.7 Å². The molecule has 2 aromatic heterocycles. The van der Waals surface area contributed by atoms with Gasteiger partial charge in [-0.3, -0.25) is 0 Å². The van der Waals surface area contributed by atoms with E-state index in [1.54, 1.807) is 10.6 Å². The van der Waals surface area contributed by atoms with Crippen LogP contribution in [-0.4, -0.2) is 21.1 Å². The summed E-state index contributed by atoms with van der Waals surface area (Å²) in [4.78, 5) is 7.06. The number of fused-ring (bicyclic) bond motifs is 1. The monoisotopic (exact) mass is 310 g/mol. The molecule has 0 bridgehead atoms. The normalized spacial score (nSPS) is 18.0. The number of nitrogens with zero attached hydrogens (tertiary/aromatic N) is 4. The van der Waals surface area contributed by atoms with Crippen molar-refractivity contribution in [2.24, 2.45) is 0 Å². The molecule has 3 heterocycles. The summed E-state index contributed by atoms with van der Waals surface area (Å²) in [5.41, 5.74) is 4.13. The van der Waals surface area contributed by atoms with Crippen LogP contribution >= 0.6 is 0 Å². The highest BCUT2D eigenvalue weighted by atomic mass is 19.1. The Labute approximate surface area is 134 Å². The molecule has 4 nitrogen and oxygen atoms in total. The first kappa shape index (κ1) is 14.2. The summed E-state index contributed by atoms with van der Waals surface area (Å²) in [5, 5.41) is 4.27. The van der Waals surface area contributed by atoms with Gasteiger partial charge in [0.15, 0.2) is 5.65 Å². The van der Waals surface area contributed by atoms with Crippen LogP contribution in [0.15, 0.2) is 36.7 Å². The molecule has 1 aliphatic rings. The Hall–Kier alpha value is -2.43. The van der Waals surface area contributed by atoms with E-state index in [1.807, 2.05) is 38.4 Å². The summed E-state index contributed by atoms with van der Waals surface area (Å²) < 4.78 is 15.5. The summed E-state index contributed by atoms with van der Waals surface area (Å²) >= 11 is 0. The highest BCUT2D eigenvalue weighted by molar-refractivity contribution is 5.54. The highest BCUT2D eigenvalue weighted by Gasteiger charge is 2.28. The standard InChI is InChI=1S/C18H19FN4/c1-12-5-6-14(19)10-15(12)16-4-3-8-22(16)17-7-9-23-18(21-17)13(2)11-20-23/h5-7,9-11,16H,3-4,8H2,1-2H3/t16-/m1/s1. The van der Waals surface area contributed by atoms with Gasteiger partial charge in [0, 0.05) is 18.3 Å². The minimum Gasteiger partial charge on any atom is -0.349 e. The van der Waals surface area contributed by atoms with Gasteiger partial charge in [-0.25, -0.2) is 13.9 Å². The van der Waals surface area contributed by atoms with Crippen molar-refractivity contribution in [3.63, 3.8) is 0 Å². The minimum atomic E-state index is -0.174. The van der Waals surface area contributed by atoms with Gasteiger partial charge in [-0.1, -0.05) is 6.07 Å². The average Bonchev–Trinajstić information content (AvgIpc) is 3.17. The third kappa shape index (κ3) is 2.36. The molecule has 3 aromatic rings. The lowest BCUT2D eigenvalue weighted by Crippen LogP contribution is -2.24. The highest BCUT2D eigenvalue weighted by Crippen LogP contribution is 2.37. The number of aryl methyl sites for hydroxylation is 2. The zero-order chi connectivity index (χ0) is 16.0. The van der Waals surface area contributed by atoms with Crippen molar-refractivity contribution in [1.82, 2.24) is 14.6 Å². The zero-order valence-electron chi connectivity index (χ0n) is 13.3. The lowest BCUT2D eigenvalue weighted by molar-refractivity contribution is 0.616. The second kappa shape index (κ2) is 5.33. The van der Waals surface area contributed by atoms with Crippen molar-refractivity contribution >= 4 is 11.5 Å². The molecular formula is C18H19FN4. The van der Waals surface area contributed by atoms with Gasteiger partial charge in [0.05, 0.1) is 12.2 Å². The van der Waals surface area contributed by atoms with E-state index < -0.39 is 0 Å². The molecule has 118 valence electrons. The second-order valence-corrected chi connectivity index (χ2v) is 6.23. The molecule has 1 aromatic carbocycles. The predicted molar refractivity (Wildman–Crippen MR) is 88.2 cm³/mol. The van der Waals surface area contributed by atoms with Crippen molar-refractivity contribution in [2.75, 3.05) is 11.4 Å². The van der Waals surface area contributed by atoms with Crippen molar-refractivity contribution in [1.29, 1.82) is 0 Å². The van der Waals surface area contributed by atoms with E-state index in [9.17, 15) is 4.39 Å². The van der Waals surface area contributed by atoms with E-state index in [0.717, 1.165) is 47.5 Å². The van der Waals surface area contributed by atoms with Gasteiger partial charge in [0.25, 0.3) is 0 Å². The van der Waals surface area contributed by atoms with Gasteiger partial charge in [0.1, 0.15) is 11.6 Å². The smallest absolute Gasteiger partial charge is 0.160 e. The summed E-state index contributed by atoms with van der Waals surface area (Å²) in [7, 11) is 0. The van der Waals surface area contributed by atoms with Crippen LogP contribution in [0.1, 0.15) is 35.6 Å². The maximum atomic E-state index is 13.7. The molecule has 1 aliphatic heterocycles. The molecule has 5 heteroatoms. The number of hydrogen-bond acceptors (Lipinski definition) is 3. The predicted octanol–water partition coefficient (Wildman–Crippen LogP) is 3.83. The summed E-state index contributed by atoms with van der Waals surface area (Å²) in [6, 6.07) is 7.23. The number of benzene rings is 1. The van der Waals surface area contributed by atoms with Crippen LogP contribution in [0.3, 0.4) is 0 Å². The molecule has 0 aliphatic carbocycles. The summed E-state index contributed by atoms with van der Waals surface area (Å²) in [5.74, 6) is 0.764. The molecule has 1 saturated heterocycles. The molecule has 4 rings (SSSR count). The number of anilines is 1. The fourth-order valence-electron chi connectivity index (χ4n) is 3.47.